The van der Waals surface area contributed by atoms with E-state index in [1.165, 1.54) is 7.11 Å². The third-order valence-electron chi connectivity index (χ3n) is 5.67. The lowest BCUT2D eigenvalue weighted by atomic mass is 10.1. The standard InChI is InChI=1S/C26H25N3O4/c1-15-10-16(2)12-21(11-15)28-17(3)13-19(18(28)4)14-23-24(30)27-26(32)29(25(23)31)20-6-8-22(33-5)9-7-20/h6-14H,1-5H3,(H,27,30,32)/b23-14-. The van der Waals surface area contributed by atoms with Gasteiger partial charge in [-0.3, -0.25) is 14.9 Å². The van der Waals surface area contributed by atoms with Gasteiger partial charge in [0, 0.05) is 17.1 Å². The van der Waals surface area contributed by atoms with Crippen molar-refractivity contribution in [3.63, 3.8) is 0 Å². The minimum absolute atomic E-state index is 0.105. The number of urea groups is 1. The Labute approximate surface area is 192 Å². The molecule has 2 heterocycles. The summed E-state index contributed by atoms with van der Waals surface area (Å²) in [4.78, 5) is 39.2. The number of aryl methyl sites for hydroxylation is 3. The van der Waals surface area contributed by atoms with E-state index in [0.717, 1.165) is 38.7 Å². The molecular weight excluding hydrogens is 418 g/mol. The summed E-state index contributed by atoms with van der Waals surface area (Å²) in [5.41, 5.74) is 6.13. The number of aromatic nitrogens is 1. The molecule has 0 bridgehead atoms. The number of hydrogen-bond acceptors (Lipinski definition) is 4. The number of imide groups is 2. The van der Waals surface area contributed by atoms with E-state index in [-0.39, 0.29) is 5.57 Å². The van der Waals surface area contributed by atoms with E-state index in [1.54, 1.807) is 30.3 Å². The van der Waals surface area contributed by atoms with Crippen LogP contribution in [0.5, 0.6) is 5.75 Å². The highest BCUT2D eigenvalue weighted by molar-refractivity contribution is 6.39. The van der Waals surface area contributed by atoms with Crippen LogP contribution in [0, 0.1) is 27.7 Å². The predicted octanol–water partition coefficient (Wildman–Crippen LogP) is 4.39. The first kappa shape index (κ1) is 22.1. The van der Waals surface area contributed by atoms with Crippen molar-refractivity contribution in [2.24, 2.45) is 0 Å². The van der Waals surface area contributed by atoms with Crippen molar-refractivity contribution in [1.29, 1.82) is 0 Å². The van der Waals surface area contributed by atoms with Crippen LogP contribution in [0.1, 0.15) is 28.1 Å². The van der Waals surface area contributed by atoms with E-state index in [0.29, 0.717) is 11.4 Å². The lowest BCUT2D eigenvalue weighted by Gasteiger charge is -2.26. The number of rotatable bonds is 4. The normalized spacial score (nSPS) is 15.2. The van der Waals surface area contributed by atoms with E-state index in [1.807, 2.05) is 33.8 Å². The maximum atomic E-state index is 13.2. The topological polar surface area (TPSA) is 80.6 Å². The highest BCUT2D eigenvalue weighted by Gasteiger charge is 2.37. The Morgan fingerprint density at radius 3 is 2.09 bits per heavy atom. The molecule has 33 heavy (non-hydrogen) atoms. The maximum absolute atomic E-state index is 13.2. The van der Waals surface area contributed by atoms with E-state index >= 15 is 0 Å². The number of hydrogen-bond donors (Lipinski definition) is 1. The summed E-state index contributed by atoms with van der Waals surface area (Å²) in [7, 11) is 1.53. The van der Waals surface area contributed by atoms with Crippen molar-refractivity contribution in [2.45, 2.75) is 27.7 Å². The Kier molecular flexibility index (Phi) is 5.64. The fourth-order valence-electron chi connectivity index (χ4n) is 4.19. The fourth-order valence-corrected chi connectivity index (χ4v) is 4.19. The first-order valence-corrected chi connectivity index (χ1v) is 10.5. The van der Waals surface area contributed by atoms with Crippen molar-refractivity contribution in [2.75, 3.05) is 12.0 Å². The van der Waals surface area contributed by atoms with Gasteiger partial charge in [-0.05, 0) is 92.9 Å². The summed E-state index contributed by atoms with van der Waals surface area (Å²) in [5.74, 6) is -0.801. The Balaban J connectivity index is 1.75. The summed E-state index contributed by atoms with van der Waals surface area (Å²) < 4.78 is 7.22. The van der Waals surface area contributed by atoms with Crippen LogP contribution in [0.4, 0.5) is 10.5 Å². The Morgan fingerprint density at radius 2 is 1.48 bits per heavy atom. The average Bonchev–Trinajstić information content (AvgIpc) is 3.03. The number of methoxy groups -OCH3 is 1. The first-order valence-electron chi connectivity index (χ1n) is 10.5. The number of carbonyl (C=O) groups is 3. The second-order valence-corrected chi connectivity index (χ2v) is 8.16. The molecule has 168 valence electrons. The molecule has 1 aliphatic rings. The number of carbonyl (C=O) groups excluding carboxylic acids is 3. The molecule has 0 aliphatic carbocycles. The van der Waals surface area contributed by atoms with Gasteiger partial charge in [-0.1, -0.05) is 6.07 Å². The zero-order valence-corrected chi connectivity index (χ0v) is 19.2. The van der Waals surface area contributed by atoms with Crippen molar-refractivity contribution >= 4 is 29.6 Å². The molecule has 1 aliphatic heterocycles. The van der Waals surface area contributed by atoms with Gasteiger partial charge in [0.05, 0.1) is 12.8 Å². The van der Waals surface area contributed by atoms with Gasteiger partial charge in [0.25, 0.3) is 11.8 Å². The fraction of sp³-hybridized carbons (Fsp3) is 0.192. The summed E-state index contributed by atoms with van der Waals surface area (Å²) in [6, 6.07) is 13.9. The monoisotopic (exact) mass is 443 g/mol. The number of nitrogens with zero attached hydrogens (tertiary/aromatic N) is 2. The molecule has 0 atom stereocenters. The molecule has 0 spiro atoms. The van der Waals surface area contributed by atoms with Gasteiger partial charge < -0.3 is 9.30 Å². The van der Waals surface area contributed by atoms with Crippen molar-refractivity contribution in [1.82, 2.24) is 9.88 Å². The molecule has 4 rings (SSSR count). The van der Waals surface area contributed by atoms with Crippen LogP contribution in [0.3, 0.4) is 0 Å². The van der Waals surface area contributed by atoms with Crippen LogP contribution >= 0.6 is 0 Å². The highest BCUT2D eigenvalue weighted by atomic mass is 16.5. The zero-order chi connectivity index (χ0) is 23.9. The van der Waals surface area contributed by atoms with Gasteiger partial charge in [-0.2, -0.15) is 0 Å². The number of amides is 4. The van der Waals surface area contributed by atoms with Crippen LogP contribution in [0.2, 0.25) is 0 Å². The molecule has 1 saturated heterocycles. The predicted molar refractivity (Wildman–Crippen MR) is 127 cm³/mol. The van der Waals surface area contributed by atoms with Gasteiger partial charge in [0.1, 0.15) is 11.3 Å². The van der Waals surface area contributed by atoms with Gasteiger partial charge in [-0.25, -0.2) is 9.69 Å². The Morgan fingerprint density at radius 1 is 0.848 bits per heavy atom. The minimum atomic E-state index is -0.784. The molecule has 7 heteroatoms. The molecule has 0 unspecified atom stereocenters. The second kappa shape index (κ2) is 8.43. The van der Waals surface area contributed by atoms with Crippen LogP contribution in [0.15, 0.2) is 54.1 Å². The summed E-state index contributed by atoms with van der Waals surface area (Å²) in [6.07, 6.45) is 1.54. The molecule has 7 nitrogen and oxygen atoms in total. The van der Waals surface area contributed by atoms with E-state index in [9.17, 15) is 14.4 Å². The molecule has 1 N–H and O–H groups in total. The quantitative estimate of drug-likeness (QED) is 0.479. The molecule has 2 aromatic carbocycles. The van der Waals surface area contributed by atoms with Crippen LogP contribution in [0.25, 0.3) is 11.8 Å². The second-order valence-electron chi connectivity index (χ2n) is 8.16. The van der Waals surface area contributed by atoms with Crippen LogP contribution in [-0.2, 0) is 9.59 Å². The average molecular weight is 444 g/mol. The van der Waals surface area contributed by atoms with Crippen LogP contribution < -0.4 is 15.0 Å². The number of ether oxygens (including phenoxy) is 1. The van der Waals surface area contributed by atoms with E-state index in [2.05, 4.69) is 28.1 Å². The van der Waals surface area contributed by atoms with Gasteiger partial charge in [0.15, 0.2) is 0 Å². The van der Waals surface area contributed by atoms with E-state index in [4.69, 9.17) is 4.74 Å². The molecule has 1 aromatic heterocycles. The molecule has 4 amide bonds. The number of nitrogens with one attached hydrogen (secondary N) is 1. The molecule has 0 radical (unpaired) electrons. The lowest BCUT2D eigenvalue weighted by molar-refractivity contribution is -0.122. The summed E-state index contributed by atoms with van der Waals surface area (Å²) >= 11 is 0. The Hall–Kier alpha value is -4.13. The summed E-state index contributed by atoms with van der Waals surface area (Å²) in [6.45, 7) is 8.00. The van der Waals surface area contributed by atoms with E-state index < -0.39 is 17.8 Å². The Bertz CT molecular complexity index is 1300. The van der Waals surface area contributed by atoms with Gasteiger partial charge >= 0.3 is 6.03 Å². The zero-order valence-electron chi connectivity index (χ0n) is 19.2. The highest BCUT2D eigenvalue weighted by Crippen LogP contribution is 2.27. The first-order chi connectivity index (χ1) is 15.7. The van der Waals surface area contributed by atoms with Crippen LogP contribution in [-0.4, -0.2) is 29.5 Å². The third kappa shape index (κ3) is 4.05. The minimum Gasteiger partial charge on any atom is -0.497 e. The van der Waals surface area contributed by atoms with Gasteiger partial charge in [-0.15, -0.1) is 0 Å². The molecular formula is C26H25N3O4. The molecule has 1 fully saturated rings. The largest absolute Gasteiger partial charge is 0.497 e. The van der Waals surface area contributed by atoms with Crippen molar-refractivity contribution in [3.8, 4) is 11.4 Å². The lowest BCUT2D eigenvalue weighted by Crippen LogP contribution is -2.54. The SMILES string of the molecule is COc1ccc(N2C(=O)NC(=O)/C(=C/c3cc(C)n(-c4cc(C)cc(C)c4)c3C)C2=O)cc1. The number of benzene rings is 2. The summed E-state index contributed by atoms with van der Waals surface area (Å²) in [5, 5.41) is 2.27. The number of anilines is 1. The third-order valence-corrected chi connectivity index (χ3v) is 5.67. The maximum Gasteiger partial charge on any atom is 0.335 e. The molecule has 3 aromatic rings. The van der Waals surface area contributed by atoms with Crippen molar-refractivity contribution in [3.05, 3.63) is 82.2 Å². The smallest absolute Gasteiger partial charge is 0.335 e. The van der Waals surface area contributed by atoms with Crippen molar-refractivity contribution < 1.29 is 19.1 Å². The van der Waals surface area contributed by atoms with Gasteiger partial charge in [0.2, 0.25) is 0 Å². The molecule has 0 saturated carbocycles. The number of barbiturate groups is 1.